The number of benzene rings is 2. The fraction of sp³-hybridized carbons (Fsp3) is 0.483. The lowest BCUT2D eigenvalue weighted by Crippen LogP contribution is -2.49. The number of rotatable bonds is 10. The van der Waals surface area contributed by atoms with Crippen molar-refractivity contribution in [3.05, 3.63) is 71.3 Å². The Labute approximate surface area is 231 Å². The van der Waals surface area contributed by atoms with Crippen LogP contribution in [0, 0.1) is 0 Å². The van der Waals surface area contributed by atoms with Crippen molar-refractivity contribution in [3.8, 4) is 0 Å². The topological polar surface area (TPSA) is 82.1 Å². The van der Waals surface area contributed by atoms with Crippen LogP contribution in [0.2, 0.25) is 0 Å². The number of carbonyl (C=O) groups excluding carboxylic acids is 3. The van der Waals surface area contributed by atoms with Gasteiger partial charge in [-0.3, -0.25) is 4.90 Å². The van der Waals surface area contributed by atoms with E-state index in [9.17, 15) is 31.9 Å². The van der Waals surface area contributed by atoms with Crippen LogP contribution in [-0.4, -0.2) is 53.4 Å². The van der Waals surface area contributed by atoms with Gasteiger partial charge in [-0.15, -0.1) is 0 Å². The number of hydrogen-bond acceptors (Lipinski definition) is 6. The van der Waals surface area contributed by atoms with E-state index in [0.717, 1.165) is 29.2 Å². The number of hydrogen-bond donors (Lipinski definition) is 0. The van der Waals surface area contributed by atoms with E-state index in [4.69, 9.17) is 14.2 Å². The average molecular weight is 570 g/mol. The van der Waals surface area contributed by atoms with Gasteiger partial charge in [0.05, 0.1) is 5.56 Å². The molecule has 7 nitrogen and oxygen atoms in total. The third-order valence-electron chi connectivity index (χ3n) is 5.55. The fourth-order valence-corrected chi connectivity index (χ4v) is 3.56. The van der Waals surface area contributed by atoms with E-state index in [1.54, 1.807) is 51.1 Å². The van der Waals surface area contributed by atoms with Crippen molar-refractivity contribution in [2.45, 2.75) is 83.7 Å². The van der Waals surface area contributed by atoms with Crippen molar-refractivity contribution in [2.24, 2.45) is 0 Å². The third-order valence-corrected chi connectivity index (χ3v) is 5.55. The quantitative estimate of drug-likeness (QED) is 0.190. The average Bonchev–Trinajstić information content (AvgIpc) is 2.83. The molecule has 220 valence electrons. The molecule has 40 heavy (non-hydrogen) atoms. The van der Waals surface area contributed by atoms with Crippen molar-refractivity contribution < 1.29 is 46.2 Å². The second-order valence-corrected chi connectivity index (χ2v) is 10.9. The highest BCUT2D eigenvalue weighted by molar-refractivity contribution is 5.85. The predicted molar refractivity (Wildman–Crippen MR) is 139 cm³/mol. The molecule has 2 rings (SSSR count). The minimum atomic E-state index is -4.56. The maximum atomic E-state index is 14.7. The summed E-state index contributed by atoms with van der Waals surface area (Å²) in [5, 5.41) is 0. The first-order valence-electron chi connectivity index (χ1n) is 12.6. The first-order chi connectivity index (χ1) is 18.4. The molecule has 0 saturated heterocycles. The van der Waals surface area contributed by atoms with Crippen molar-refractivity contribution >= 4 is 18.0 Å². The molecule has 0 spiro atoms. The fourth-order valence-electron chi connectivity index (χ4n) is 3.56. The maximum Gasteiger partial charge on any atom is 0.416 e. The number of esters is 2. The van der Waals surface area contributed by atoms with E-state index in [-0.39, 0.29) is 18.6 Å². The summed E-state index contributed by atoms with van der Waals surface area (Å²) >= 11 is 0. The molecular weight excluding hydrogens is 534 g/mol. The summed E-state index contributed by atoms with van der Waals surface area (Å²) < 4.78 is 69.7. The van der Waals surface area contributed by atoms with Gasteiger partial charge in [0.2, 0.25) is 6.10 Å². The maximum absolute atomic E-state index is 14.7. The molecule has 1 amide bonds. The molecule has 0 aliphatic rings. The highest BCUT2D eigenvalue weighted by Crippen LogP contribution is 2.29. The molecule has 0 heterocycles. The monoisotopic (exact) mass is 569 g/mol. The summed E-state index contributed by atoms with van der Waals surface area (Å²) in [6.45, 7) is 7.13. The van der Waals surface area contributed by atoms with Crippen LogP contribution < -0.4 is 0 Å². The predicted octanol–water partition coefficient (Wildman–Crippen LogP) is 6.28. The summed E-state index contributed by atoms with van der Waals surface area (Å²) in [6.07, 6.45) is -7.86. The number of likely N-dealkylation sites (N-methyl/N-ethyl adjacent to an activating group) is 1. The van der Waals surface area contributed by atoms with E-state index in [1.807, 2.05) is 0 Å². The van der Waals surface area contributed by atoms with Gasteiger partial charge in [0, 0.05) is 19.9 Å². The van der Waals surface area contributed by atoms with Gasteiger partial charge in [-0.2, -0.15) is 13.2 Å². The van der Waals surface area contributed by atoms with Crippen LogP contribution >= 0.6 is 0 Å². The van der Waals surface area contributed by atoms with Gasteiger partial charge in [0.25, 0.3) is 0 Å². The zero-order valence-electron chi connectivity index (χ0n) is 23.4. The molecule has 11 heteroatoms. The molecule has 0 bridgehead atoms. The van der Waals surface area contributed by atoms with Gasteiger partial charge in [-0.25, -0.2) is 18.8 Å². The smallest absolute Gasteiger partial charge is 0.416 e. The van der Waals surface area contributed by atoms with Crippen LogP contribution in [-0.2, 0) is 43.0 Å². The Kier molecular flexibility index (Phi) is 10.7. The molecule has 0 radical (unpaired) electrons. The van der Waals surface area contributed by atoms with Crippen molar-refractivity contribution in [2.75, 3.05) is 7.05 Å². The van der Waals surface area contributed by atoms with Crippen LogP contribution in [0.15, 0.2) is 54.6 Å². The standard InChI is InChI=1S/C29H35F4NO6/c1-27(2,3)40-26(37)34(6)22(17-28(4,5)30)24(35)39-23(25(36)38-18-20-10-8-7-9-11-20)16-19-12-14-21(15-13-19)29(31,32)33/h7-15,22-23H,16-18H2,1-6H3/t22-,23?/m0/s1. The molecular formula is C29H35F4NO6. The number of halogens is 4. The van der Waals surface area contributed by atoms with Crippen LogP contribution in [0.3, 0.4) is 0 Å². The zero-order chi connectivity index (χ0) is 30.3. The van der Waals surface area contributed by atoms with Crippen LogP contribution in [0.25, 0.3) is 0 Å². The van der Waals surface area contributed by atoms with Gasteiger partial charge < -0.3 is 14.2 Å². The lowest BCUT2D eigenvalue weighted by atomic mass is 10.00. The normalized spacial score (nSPS) is 13.7. The Bertz CT molecular complexity index is 1140. The Morgan fingerprint density at radius 3 is 1.90 bits per heavy atom. The lowest BCUT2D eigenvalue weighted by molar-refractivity contribution is -0.172. The molecule has 2 atom stereocenters. The molecule has 0 aliphatic carbocycles. The Morgan fingerprint density at radius 2 is 1.40 bits per heavy atom. The van der Waals surface area contributed by atoms with E-state index >= 15 is 0 Å². The van der Waals surface area contributed by atoms with Crippen molar-refractivity contribution in [1.82, 2.24) is 4.90 Å². The molecule has 0 fully saturated rings. The number of nitrogens with zero attached hydrogens (tertiary/aromatic N) is 1. The molecule has 0 saturated carbocycles. The minimum absolute atomic E-state index is 0.153. The lowest BCUT2D eigenvalue weighted by Gasteiger charge is -2.32. The van der Waals surface area contributed by atoms with E-state index in [2.05, 4.69) is 0 Å². The second-order valence-electron chi connectivity index (χ2n) is 10.9. The van der Waals surface area contributed by atoms with E-state index in [1.165, 1.54) is 20.9 Å². The summed E-state index contributed by atoms with van der Waals surface area (Å²) in [5.74, 6) is -2.07. The van der Waals surface area contributed by atoms with Crippen molar-refractivity contribution in [1.29, 1.82) is 0 Å². The first-order valence-corrected chi connectivity index (χ1v) is 12.6. The SMILES string of the molecule is CN(C(=O)OC(C)(C)C)[C@@H](CC(C)(C)F)C(=O)OC(Cc1ccc(C(F)(F)F)cc1)C(=O)OCc1ccccc1. The Morgan fingerprint density at radius 1 is 0.825 bits per heavy atom. The number of alkyl halides is 4. The number of carbonyl (C=O) groups is 3. The largest absolute Gasteiger partial charge is 0.458 e. The molecule has 1 unspecified atom stereocenters. The van der Waals surface area contributed by atoms with Crippen LogP contribution in [0.4, 0.5) is 22.4 Å². The van der Waals surface area contributed by atoms with Gasteiger partial charge in [0.1, 0.15) is 23.9 Å². The van der Waals surface area contributed by atoms with Crippen LogP contribution in [0.5, 0.6) is 0 Å². The van der Waals surface area contributed by atoms with Crippen LogP contribution in [0.1, 0.15) is 57.7 Å². The third kappa shape index (κ3) is 10.9. The molecule has 0 aliphatic heterocycles. The summed E-state index contributed by atoms with van der Waals surface area (Å²) in [6, 6.07) is 11.2. The Hall–Kier alpha value is -3.63. The highest BCUT2D eigenvalue weighted by Gasteiger charge is 2.38. The first kappa shape index (κ1) is 32.6. The van der Waals surface area contributed by atoms with Gasteiger partial charge in [-0.05, 0) is 57.9 Å². The zero-order valence-corrected chi connectivity index (χ0v) is 23.4. The van der Waals surface area contributed by atoms with Crippen molar-refractivity contribution in [3.63, 3.8) is 0 Å². The molecule has 0 N–H and O–H groups in total. The molecule has 2 aromatic carbocycles. The van der Waals surface area contributed by atoms with Gasteiger partial charge in [-0.1, -0.05) is 42.5 Å². The molecule has 0 aromatic heterocycles. The Balaban J connectivity index is 2.32. The van der Waals surface area contributed by atoms with E-state index in [0.29, 0.717) is 5.56 Å². The minimum Gasteiger partial charge on any atom is -0.458 e. The van der Waals surface area contributed by atoms with Gasteiger partial charge >= 0.3 is 24.2 Å². The summed E-state index contributed by atoms with van der Waals surface area (Å²) in [4.78, 5) is 39.9. The number of ether oxygens (including phenoxy) is 3. The summed E-state index contributed by atoms with van der Waals surface area (Å²) in [5.41, 5.74) is -2.81. The summed E-state index contributed by atoms with van der Waals surface area (Å²) in [7, 11) is 1.24. The second kappa shape index (κ2) is 13.1. The van der Waals surface area contributed by atoms with E-state index < -0.39 is 59.6 Å². The highest BCUT2D eigenvalue weighted by atomic mass is 19.4. The van der Waals surface area contributed by atoms with Gasteiger partial charge in [0.15, 0.2) is 0 Å². The molecule has 2 aromatic rings. The number of amides is 1.